The van der Waals surface area contributed by atoms with Gasteiger partial charge in [-0.15, -0.1) is 0 Å². The van der Waals surface area contributed by atoms with E-state index in [-0.39, 0.29) is 25.9 Å². The number of unbranched alkanes of at least 4 members (excludes halogenated alkanes) is 33. The van der Waals surface area contributed by atoms with Crippen molar-refractivity contribution in [1.29, 1.82) is 0 Å². The molecule has 0 radical (unpaired) electrons. The van der Waals surface area contributed by atoms with Crippen molar-refractivity contribution < 1.29 is 52.2 Å². The zero-order chi connectivity index (χ0) is 48.4. The molecule has 3 atom stereocenters. The second-order valence-electron chi connectivity index (χ2n) is 18.8. The number of aliphatic hydroxyl groups is 1. The SMILES string of the molecule is CCCC/C=C\CCCCCCCC(=O)OC(CO)COP(=O)(O)OCC(COC(=O)CCCCCCCCCCC)OC(=O)CCCCCCCCCCCCCCCCCCCCC. The van der Waals surface area contributed by atoms with E-state index in [1.165, 1.54) is 141 Å². The van der Waals surface area contributed by atoms with E-state index in [4.69, 9.17) is 23.3 Å². The number of phosphoric ester groups is 1. The van der Waals surface area contributed by atoms with Gasteiger partial charge in [-0.05, 0) is 38.5 Å². The first-order valence-electron chi connectivity index (χ1n) is 27.6. The van der Waals surface area contributed by atoms with Crippen LogP contribution in [0.25, 0.3) is 0 Å². The summed E-state index contributed by atoms with van der Waals surface area (Å²) >= 11 is 0. The van der Waals surface area contributed by atoms with Crippen LogP contribution in [0.15, 0.2) is 12.2 Å². The Morgan fingerprint density at radius 3 is 1.09 bits per heavy atom. The van der Waals surface area contributed by atoms with Crippen molar-refractivity contribution in [2.45, 2.75) is 290 Å². The molecule has 12 heteroatoms. The highest BCUT2D eigenvalue weighted by Crippen LogP contribution is 2.43. The average Bonchev–Trinajstić information content (AvgIpc) is 3.30. The summed E-state index contributed by atoms with van der Waals surface area (Å²) in [5.74, 6) is -1.45. The van der Waals surface area contributed by atoms with Crippen LogP contribution < -0.4 is 0 Å². The lowest BCUT2D eigenvalue weighted by Crippen LogP contribution is -2.30. The molecular formula is C54H103O11P. The smallest absolute Gasteiger partial charge is 0.462 e. The van der Waals surface area contributed by atoms with E-state index in [1.54, 1.807) is 0 Å². The van der Waals surface area contributed by atoms with Crippen LogP contribution in [0.1, 0.15) is 278 Å². The Balaban J connectivity index is 4.60. The summed E-state index contributed by atoms with van der Waals surface area (Å²) in [5.41, 5.74) is 0. The minimum Gasteiger partial charge on any atom is -0.462 e. The molecule has 0 amide bonds. The molecule has 390 valence electrons. The highest BCUT2D eigenvalue weighted by molar-refractivity contribution is 7.47. The Morgan fingerprint density at radius 2 is 0.712 bits per heavy atom. The summed E-state index contributed by atoms with van der Waals surface area (Å²) in [6, 6.07) is 0. The van der Waals surface area contributed by atoms with Crippen LogP contribution in [-0.2, 0) is 42.2 Å². The van der Waals surface area contributed by atoms with E-state index in [9.17, 15) is 28.9 Å². The van der Waals surface area contributed by atoms with Crippen LogP contribution >= 0.6 is 7.82 Å². The molecule has 0 saturated heterocycles. The van der Waals surface area contributed by atoms with Crippen molar-refractivity contribution in [3.8, 4) is 0 Å². The van der Waals surface area contributed by atoms with Crippen molar-refractivity contribution in [1.82, 2.24) is 0 Å². The van der Waals surface area contributed by atoms with Crippen LogP contribution in [0.4, 0.5) is 0 Å². The number of hydrogen-bond donors (Lipinski definition) is 2. The van der Waals surface area contributed by atoms with Gasteiger partial charge in [-0.2, -0.15) is 0 Å². The lowest BCUT2D eigenvalue weighted by atomic mass is 10.0. The normalized spacial score (nSPS) is 13.5. The molecule has 11 nitrogen and oxygen atoms in total. The Kier molecular flexibility index (Phi) is 48.3. The summed E-state index contributed by atoms with van der Waals surface area (Å²) in [6.45, 7) is 4.61. The van der Waals surface area contributed by atoms with Gasteiger partial charge in [-0.3, -0.25) is 23.4 Å². The molecule has 0 fully saturated rings. The number of carbonyl (C=O) groups is 3. The van der Waals surface area contributed by atoms with Gasteiger partial charge >= 0.3 is 25.7 Å². The molecule has 2 N–H and O–H groups in total. The maximum atomic E-state index is 12.9. The molecule has 0 aromatic rings. The van der Waals surface area contributed by atoms with Gasteiger partial charge in [0.1, 0.15) is 12.7 Å². The lowest BCUT2D eigenvalue weighted by molar-refractivity contribution is -0.161. The fourth-order valence-electron chi connectivity index (χ4n) is 7.93. The van der Waals surface area contributed by atoms with Gasteiger partial charge in [0.15, 0.2) is 6.10 Å². The van der Waals surface area contributed by atoms with Gasteiger partial charge < -0.3 is 24.2 Å². The topological polar surface area (TPSA) is 155 Å². The second-order valence-corrected chi connectivity index (χ2v) is 20.2. The molecule has 0 aromatic heterocycles. The second kappa shape index (κ2) is 49.6. The summed E-state index contributed by atoms with van der Waals surface area (Å²) < 4.78 is 39.3. The van der Waals surface area contributed by atoms with Gasteiger partial charge in [0, 0.05) is 19.3 Å². The maximum Gasteiger partial charge on any atom is 0.472 e. The Hall–Kier alpha value is -1.78. The minimum absolute atomic E-state index is 0.172. The molecule has 0 aliphatic rings. The first-order chi connectivity index (χ1) is 32.2. The highest BCUT2D eigenvalue weighted by Gasteiger charge is 2.28. The number of aliphatic hydroxyl groups excluding tert-OH is 1. The van der Waals surface area contributed by atoms with Gasteiger partial charge in [0.05, 0.1) is 19.8 Å². The van der Waals surface area contributed by atoms with E-state index in [2.05, 4.69) is 32.9 Å². The van der Waals surface area contributed by atoms with Gasteiger partial charge in [-0.1, -0.05) is 232 Å². The van der Waals surface area contributed by atoms with Crippen LogP contribution in [0.2, 0.25) is 0 Å². The molecule has 0 aliphatic heterocycles. The molecule has 66 heavy (non-hydrogen) atoms. The van der Waals surface area contributed by atoms with Gasteiger partial charge in [-0.25, -0.2) is 4.57 Å². The summed E-state index contributed by atoms with van der Waals surface area (Å²) in [7, 11) is -4.73. The Morgan fingerprint density at radius 1 is 0.409 bits per heavy atom. The number of allylic oxidation sites excluding steroid dienone is 2. The van der Waals surface area contributed by atoms with Crippen LogP contribution in [-0.4, -0.2) is 66.5 Å². The largest absolute Gasteiger partial charge is 0.472 e. The number of ether oxygens (including phenoxy) is 3. The number of hydrogen-bond acceptors (Lipinski definition) is 10. The first kappa shape index (κ1) is 64.2. The third-order valence-electron chi connectivity index (χ3n) is 12.2. The molecule has 3 unspecified atom stereocenters. The Labute approximate surface area is 405 Å². The number of esters is 3. The van der Waals surface area contributed by atoms with Crippen molar-refractivity contribution in [2.24, 2.45) is 0 Å². The predicted molar refractivity (Wildman–Crippen MR) is 270 cm³/mol. The van der Waals surface area contributed by atoms with Crippen molar-refractivity contribution in [3.05, 3.63) is 12.2 Å². The van der Waals surface area contributed by atoms with E-state index in [1.807, 2.05) is 0 Å². The average molecular weight is 959 g/mol. The third kappa shape index (κ3) is 47.3. The van der Waals surface area contributed by atoms with Crippen LogP contribution in [0.5, 0.6) is 0 Å². The summed E-state index contributed by atoms with van der Waals surface area (Å²) in [5, 5.41) is 9.76. The zero-order valence-corrected chi connectivity index (χ0v) is 43.8. The van der Waals surface area contributed by atoms with Crippen LogP contribution in [0, 0.1) is 0 Å². The monoisotopic (exact) mass is 959 g/mol. The number of phosphoric acid groups is 1. The number of carbonyl (C=O) groups excluding carboxylic acids is 3. The fourth-order valence-corrected chi connectivity index (χ4v) is 8.71. The first-order valence-corrected chi connectivity index (χ1v) is 29.1. The van der Waals surface area contributed by atoms with E-state index < -0.39 is 57.8 Å². The molecule has 0 saturated carbocycles. The van der Waals surface area contributed by atoms with Crippen molar-refractivity contribution in [3.63, 3.8) is 0 Å². The van der Waals surface area contributed by atoms with Gasteiger partial charge in [0.25, 0.3) is 0 Å². The number of rotatable bonds is 52. The zero-order valence-electron chi connectivity index (χ0n) is 42.9. The molecule has 0 spiro atoms. The fraction of sp³-hybridized carbons (Fsp3) is 0.907. The molecule has 0 heterocycles. The van der Waals surface area contributed by atoms with Crippen molar-refractivity contribution in [2.75, 3.05) is 26.4 Å². The minimum atomic E-state index is -4.73. The van der Waals surface area contributed by atoms with E-state index in [0.29, 0.717) is 19.3 Å². The maximum absolute atomic E-state index is 12.9. The van der Waals surface area contributed by atoms with Gasteiger partial charge in [0.2, 0.25) is 0 Å². The van der Waals surface area contributed by atoms with E-state index in [0.717, 1.165) is 77.0 Å². The van der Waals surface area contributed by atoms with Crippen LogP contribution in [0.3, 0.4) is 0 Å². The summed E-state index contributed by atoms with van der Waals surface area (Å²) in [6.07, 6.45) is 46.2. The molecule has 0 aliphatic carbocycles. The third-order valence-corrected chi connectivity index (χ3v) is 13.1. The Bertz CT molecular complexity index is 1160. The molecular weight excluding hydrogens is 856 g/mol. The highest BCUT2D eigenvalue weighted by atomic mass is 31.2. The summed E-state index contributed by atoms with van der Waals surface area (Å²) in [4.78, 5) is 48.2. The predicted octanol–water partition coefficient (Wildman–Crippen LogP) is 15.7. The molecule has 0 aromatic carbocycles. The molecule has 0 bridgehead atoms. The lowest BCUT2D eigenvalue weighted by Gasteiger charge is -2.21. The van der Waals surface area contributed by atoms with E-state index >= 15 is 0 Å². The quantitative estimate of drug-likeness (QED) is 0.0197. The van der Waals surface area contributed by atoms with Crippen molar-refractivity contribution >= 4 is 25.7 Å². The standard InChI is InChI=1S/C54H103O11P/c1-4-7-10-13-16-19-21-22-23-24-25-26-27-28-30-33-36-39-42-45-54(58)65-51(47-61-52(56)43-40-37-34-31-18-15-12-9-6-3)49-63-66(59,60)62-48-50(46-55)64-53(57)44-41-38-35-32-29-20-17-14-11-8-5-2/h14,17,50-51,55H,4-13,15-16,18-49H2,1-3H3,(H,59,60)/b17-14-. The molecule has 0 rings (SSSR count).